The Morgan fingerprint density at radius 2 is 1.61 bits per heavy atom. The maximum Gasteiger partial charge on any atom is 0.277 e. The van der Waals surface area contributed by atoms with E-state index >= 15 is 0 Å². The molecule has 0 bridgehead atoms. The summed E-state index contributed by atoms with van der Waals surface area (Å²) in [4.78, 5) is 24.2. The van der Waals surface area contributed by atoms with Crippen molar-refractivity contribution in [2.24, 2.45) is 0 Å². The van der Waals surface area contributed by atoms with E-state index < -0.39 is 0 Å². The quantitative estimate of drug-likeness (QED) is 0.628. The summed E-state index contributed by atoms with van der Waals surface area (Å²) < 4.78 is 0. The molecule has 31 heavy (non-hydrogen) atoms. The van der Waals surface area contributed by atoms with E-state index in [1.54, 1.807) is 6.20 Å². The molecular weight excluding hydrogens is 388 g/mol. The highest BCUT2D eigenvalue weighted by Crippen LogP contribution is 2.33. The molecule has 1 saturated carbocycles. The third-order valence-electron chi connectivity index (χ3n) is 6.64. The van der Waals surface area contributed by atoms with Crippen LogP contribution in [0.1, 0.15) is 69.3 Å². The Hall–Kier alpha value is -2.96. The number of aromatic nitrogens is 4. The van der Waals surface area contributed by atoms with Gasteiger partial charge in [0.15, 0.2) is 0 Å². The van der Waals surface area contributed by atoms with Crippen LogP contribution in [0.25, 0.3) is 10.9 Å². The van der Waals surface area contributed by atoms with Crippen molar-refractivity contribution in [3.8, 4) is 0 Å². The average Bonchev–Trinajstić information content (AvgIpc) is 3.10. The molecule has 1 aromatic carbocycles. The van der Waals surface area contributed by atoms with E-state index in [1.807, 2.05) is 0 Å². The van der Waals surface area contributed by atoms with Gasteiger partial charge in [0, 0.05) is 18.8 Å². The first kappa shape index (κ1) is 20.0. The van der Waals surface area contributed by atoms with Crippen LogP contribution in [0.15, 0.2) is 35.3 Å². The fourth-order valence-corrected chi connectivity index (χ4v) is 4.90. The van der Waals surface area contributed by atoms with Gasteiger partial charge in [0.25, 0.3) is 5.56 Å². The maximum atomic E-state index is 12.5. The van der Waals surface area contributed by atoms with Gasteiger partial charge in [-0.05, 0) is 49.3 Å². The normalized spacial score (nSPS) is 18.1. The van der Waals surface area contributed by atoms with Crippen molar-refractivity contribution in [3.05, 3.63) is 46.4 Å². The maximum absolute atomic E-state index is 12.5. The lowest BCUT2D eigenvalue weighted by Crippen LogP contribution is -2.26. The SMILES string of the molecule is O=c1[nH]ncc2nc(N3CCCCCC3)nc(Nc3ccc(C4CCCCC4)cc3)c12. The summed E-state index contributed by atoms with van der Waals surface area (Å²) in [6, 6.07) is 8.62. The molecule has 1 aliphatic heterocycles. The molecular formula is C24H30N6O. The number of hydrogen-bond acceptors (Lipinski definition) is 6. The second-order valence-corrected chi connectivity index (χ2v) is 8.81. The van der Waals surface area contributed by atoms with Gasteiger partial charge in [-0.1, -0.05) is 44.2 Å². The van der Waals surface area contributed by atoms with Gasteiger partial charge in [-0.25, -0.2) is 10.1 Å². The number of H-pyrrole nitrogens is 1. The Morgan fingerprint density at radius 1 is 0.903 bits per heavy atom. The molecule has 2 aliphatic rings. The summed E-state index contributed by atoms with van der Waals surface area (Å²) in [5, 5.41) is 10.3. The lowest BCUT2D eigenvalue weighted by atomic mass is 9.84. The number of benzene rings is 1. The molecule has 0 unspecified atom stereocenters. The standard InChI is InChI=1S/C24H30N6O/c31-23-21-20(16-25-29-23)27-24(30-14-6-1-2-7-15-30)28-22(21)26-19-12-10-18(11-13-19)17-8-4-3-5-9-17/h10-13,16-17H,1-9,14-15H2,(H,29,31)(H,26,27,28). The van der Waals surface area contributed by atoms with E-state index in [2.05, 4.69) is 49.7 Å². The molecule has 2 fully saturated rings. The minimum Gasteiger partial charge on any atom is -0.341 e. The van der Waals surface area contributed by atoms with Crippen molar-refractivity contribution in [1.82, 2.24) is 20.2 Å². The molecule has 0 atom stereocenters. The van der Waals surface area contributed by atoms with Gasteiger partial charge < -0.3 is 10.2 Å². The van der Waals surface area contributed by atoms with Gasteiger partial charge in [-0.15, -0.1) is 0 Å². The molecule has 3 aromatic rings. The zero-order chi connectivity index (χ0) is 21.0. The number of nitrogens with one attached hydrogen (secondary N) is 2. The molecule has 0 spiro atoms. The molecule has 7 nitrogen and oxygen atoms in total. The minimum absolute atomic E-state index is 0.277. The van der Waals surface area contributed by atoms with E-state index in [0.29, 0.717) is 28.6 Å². The number of anilines is 3. The molecule has 1 aliphatic carbocycles. The largest absolute Gasteiger partial charge is 0.341 e. The van der Waals surface area contributed by atoms with Gasteiger partial charge in [0.1, 0.15) is 16.7 Å². The lowest BCUT2D eigenvalue weighted by Gasteiger charge is -2.22. The molecule has 0 radical (unpaired) electrons. The highest BCUT2D eigenvalue weighted by atomic mass is 16.1. The molecule has 162 valence electrons. The summed E-state index contributed by atoms with van der Waals surface area (Å²) in [5.74, 6) is 1.88. The Balaban J connectivity index is 1.47. The van der Waals surface area contributed by atoms with Crippen LogP contribution in [0, 0.1) is 0 Å². The third kappa shape index (κ3) is 4.40. The first-order chi connectivity index (χ1) is 15.3. The van der Waals surface area contributed by atoms with Gasteiger partial charge in [-0.3, -0.25) is 4.79 Å². The van der Waals surface area contributed by atoms with Crippen LogP contribution in [-0.4, -0.2) is 33.3 Å². The fourth-order valence-electron chi connectivity index (χ4n) is 4.90. The number of nitrogens with zero attached hydrogens (tertiary/aromatic N) is 4. The van der Waals surface area contributed by atoms with Gasteiger partial charge in [0.05, 0.1) is 6.20 Å². The minimum atomic E-state index is -0.277. The van der Waals surface area contributed by atoms with Crippen molar-refractivity contribution >= 4 is 28.4 Å². The summed E-state index contributed by atoms with van der Waals surface area (Å²) in [6.45, 7) is 1.88. The highest BCUT2D eigenvalue weighted by molar-refractivity contribution is 5.90. The first-order valence-corrected chi connectivity index (χ1v) is 11.7. The van der Waals surface area contributed by atoms with Crippen LogP contribution < -0.4 is 15.8 Å². The summed E-state index contributed by atoms with van der Waals surface area (Å²) >= 11 is 0. The monoisotopic (exact) mass is 418 g/mol. The zero-order valence-corrected chi connectivity index (χ0v) is 17.9. The van der Waals surface area contributed by atoms with Crippen LogP contribution >= 0.6 is 0 Å². The molecule has 2 N–H and O–H groups in total. The van der Waals surface area contributed by atoms with Gasteiger partial charge in [-0.2, -0.15) is 10.1 Å². The van der Waals surface area contributed by atoms with E-state index in [-0.39, 0.29) is 5.56 Å². The first-order valence-electron chi connectivity index (χ1n) is 11.7. The second kappa shape index (κ2) is 9.04. The molecule has 0 amide bonds. The molecule has 2 aromatic heterocycles. The van der Waals surface area contributed by atoms with Crippen LogP contribution in [0.5, 0.6) is 0 Å². The molecule has 5 rings (SSSR count). The van der Waals surface area contributed by atoms with E-state index in [9.17, 15) is 4.79 Å². The van der Waals surface area contributed by atoms with E-state index in [4.69, 9.17) is 4.98 Å². The number of rotatable bonds is 4. The van der Waals surface area contributed by atoms with Crippen molar-refractivity contribution in [2.75, 3.05) is 23.3 Å². The smallest absolute Gasteiger partial charge is 0.277 e. The molecule has 7 heteroatoms. The summed E-state index contributed by atoms with van der Waals surface area (Å²) in [7, 11) is 0. The lowest BCUT2D eigenvalue weighted by molar-refractivity contribution is 0.443. The van der Waals surface area contributed by atoms with E-state index in [1.165, 1.54) is 50.5 Å². The topological polar surface area (TPSA) is 86.8 Å². The molecule has 3 heterocycles. The predicted molar refractivity (Wildman–Crippen MR) is 124 cm³/mol. The Labute approximate surface area is 182 Å². The number of aromatic amines is 1. The average molecular weight is 419 g/mol. The van der Waals surface area contributed by atoms with Gasteiger partial charge >= 0.3 is 0 Å². The van der Waals surface area contributed by atoms with Crippen molar-refractivity contribution < 1.29 is 0 Å². The fraction of sp³-hybridized carbons (Fsp3) is 0.500. The van der Waals surface area contributed by atoms with Crippen molar-refractivity contribution in [1.29, 1.82) is 0 Å². The Bertz CT molecular complexity index is 1080. The van der Waals surface area contributed by atoms with Gasteiger partial charge in [0.2, 0.25) is 5.95 Å². The van der Waals surface area contributed by atoms with Crippen molar-refractivity contribution in [3.63, 3.8) is 0 Å². The third-order valence-corrected chi connectivity index (χ3v) is 6.64. The highest BCUT2D eigenvalue weighted by Gasteiger charge is 2.18. The second-order valence-electron chi connectivity index (χ2n) is 8.81. The van der Waals surface area contributed by atoms with Crippen LogP contribution in [0.3, 0.4) is 0 Å². The van der Waals surface area contributed by atoms with Crippen molar-refractivity contribution in [2.45, 2.75) is 63.7 Å². The number of fused-ring (bicyclic) bond motifs is 1. The van der Waals surface area contributed by atoms with Crippen LogP contribution in [-0.2, 0) is 0 Å². The predicted octanol–water partition coefficient (Wildman–Crippen LogP) is 4.88. The Kier molecular flexibility index (Phi) is 5.82. The number of hydrogen-bond donors (Lipinski definition) is 2. The van der Waals surface area contributed by atoms with Crippen LogP contribution in [0.2, 0.25) is 0 Å². The summed E-state index contributed by atoms with van der Waals surface area (Å²) in [5.41, 5.74) is 2.63. The zero-order valence-electron chi connectivity index (χ0n) is 17.9. The summed E-state index contributed by atoms with van der Waals surface area (Å²) in [6.07, 6.45) is 12.9. The van der Waals surface area contributed by atoms with E-state index in [0.717, 1.165) is 31.6 Å². The molecule has 1 saturated heterocycles. The Morgan fingerprint density at radius 3 is 2.35 bits per heavy atom. The van der Waals surface area contributed by atoms with Crippen LogP contribution in [0.4, 0.5) is 17.5 Å².